The van der Waals surface area contributed by atoms with Crippen LogP contribution in [0.2, 0.25) is 0 Å². The quantitative estimate of drug-likeness (QED) is 0.683. The van der Waals surface area contributed by atoms with E-state index in [1.165, 1.54) is 5.56 Å². The lowest BCUT2D eigenvalue weighted by Gasteiger charge is -2.32. The number of aryl methyl sites for hydroxylation is 1. The van der Waals surface area contributed by atoms with Gasteiger partial charge in [-0.1, -0.05) is 0 Å². The first-order chi connectivity index (χ1) is 13.2. The van der Waals surface area contributed by atoms with Crippen molar-refractivity contribution in [1.29, 1.82) is 0 Å². The maximum absolute atomic E-state index is 4.59. The molecule has 0 saturated carbocycles. The Morgan fingerprint density at radius 2 is 1.85 bits per heavy atom. The van der Waals surface area contributed by atoms with E-state index >= 15 is 0 Å². The number of hydrogen-bond donors (Lipinski definition) is 0. The molecule has 3 aromatic rings. The monoisotopic (exact) mass is 364 g/mol. The van der Waals surface area contributed by atoms with Crippen LogP contribution in [0.3, 0.4) is 0 Å². The largest absolute Gasteiger partial charge is 0.355 e. The van der Waals surface area contributed by atoms with Crippen LogP contribution in [-0.2, 0) is 13.0 Å². The molecular formula is C19H24N8. The summed E-state index contributed by atoms with van der Waals surface area (Å²) in [7, 11) is 2.16. The second-order valence-electron chi connectivity index (χ2n) is 7.73. The van der Waals surface area contributed by atoms with E-state index in [9.17, 15) is 0 Å². The fraction of sp³-hybridized carbons (Fsp3) is 0.526. The molecule has 8 nitrogen and oxygen atoms in total. The fourth-order valence-electron chi connectivity index (χ4n) is 4.13. The van der Waals surface area contributed by atoms with Gasteiger partial charge in [-0.3, -0.25) is 0 Å². The molecule has 2 aliphatic rings. The van der Waals surface area contributed by atoms with Crippen LogP contribution in [0.15, 0.2) is 18.2 Å². The summed E-state index contributed by atoms with van der Waals surface area (Å²) in [6.45, 7) is 5.93. The second kappa shape index (κ2) is 6.53. The highest BCUT2D eigenvalue weighted by molar-refractivity contribution is 5.43. The van der Waals surface area contributed by atoms with Crippen molar-refractivity contribution in [3.05, 3.63) is 41.0 Å². The Bertz CT molecular complexity index is 973. The number of nitrogens with zero attached hydrogens (tertiary/aromatic N) is 8. The molecule has 0 bridgehead atoms. The Morgan fingerprint density at radius 3 is 2.70 bits per heavy atom. The molecule has 0 spiro atoms. The normalized spacial score (nSPS) is 18.8. The summed E-state index contributed by atoms with van der Waals surface area (Å²) in [4.78, 5) is 4.69. The molecule has 0 N–H and O–H groups in total. The highest BCUT2D eigenvalue weighted by atomic mass is 15.4. The molecule has 0 aliphatic carbocycles. The van der Waals surface area contributed by atoms with Gasteiger partial charge in [-0.15, -0.1) is 15.3 Å². The Hall–Kier alpha value is -2.61. The number of anilines is 1. The number of aromatic nitrogens is 6. The minimum atomic E-state index is 0.377. The zero-order valence-electron chi connectivity index (χ0n) is 15.8. The molecule has 3 aromatic heterocycles. The number of fused-ring (bicyclic) bond motifs is 2. The Labute approximate surface area is 158 Å². The Morgan fingerprint density at radius 1 is 1.00 bits per heavy atom. The molecule has 5 heterocycles. The van der Waals surface area contributed by atoms with Gasteiger partial charge in [0.05, 0.1) is 11.4 Å². The van der Waals surface area contributed by atoms with Crippen LogP contribution >= 0.6 is 0 Å². The van der Waals surface area contributed by atoms with E-state index in [0.717, 1.165) is 74.1 Å². The minimum absolute atomic E-state index is 0.377. The average Bonchev–Trinajstić information content (AvgIpc) is 3.10. The molecule has 2 aliphatic heterocycles. The van der Waals surface area contributed by atoms with E-state index in [0.29, 0.717) is 5.92 Å². The number of hydrogen-bond acceptors (Lipinski definition) is 7. The molecule has 5 rings (SSSR count). The third kappa shape index (κ3) is 3.03. The van der Waals surface area contributed by atoms with Gasteiger partial charge in [0.15, 0.2) is 17.3 Å². The predicted octanol–water partition coefficient (Wildman–Crippen LogP) is 1.59. The van der Waals surface area contributed by atoms with Crippen molar-refractivity contribution in [3.8, 4) is 0 Å². The van der Waals surface area contributed by atoms with Crippen molar-refractivity contribution >= 4 is 11.5 Å². The minimum Gasteiger partial charge on any atom is -0.355 e. The smallest absolute Gasteiger partial charge is 0.177 e. The molecule has 0 aromatic carbocycles. The molecule has 1 saturated heterocycles. The van der Waals surface area contributed by atoms with Crippen molar-refractivity contribution in [2.75, 3.05) is 31.6 Å². The van der Waals surface area contributed by atoms with E-state index in [1.54, 1.807) is 0 Å². The van der Waals surface area contributed by atoms with Gasteiger partial charge < -0.3 is 9.80 Å². The van der Waals surface area contributed by atoms with Gasteiger partial charge in [0.2, 0.25) is 0 Å². The van der Waals surface area contributed by atoms with Gasteiger partial charge in [-0.05, 0) is 50.6 Å². The van der Waals surface area contributed by atoms with Crippen LogP contribution in [-0.4, -0.2) is 61.6 Å². The van der Waals surface area contributed by atoms with Crippen LogP contribution in [0.25, 0.3) is 5.65 Å². The third-order valence-corrected chi connectivity index (χ3v) is 5.72. The Kier molecular flexibility index (Phi) is 4.00. The van der Waals surface area contributed by atoms with Crippen LogP contribution in [0.5, 0.6) is 0 Å². The number of piperidine rings is 1. The molecule has 140 valence electrons. The lowest BCUT2D eigenvalue weighted by Crippen LogP contribution is -2.35. The average molecular weight is 364 g/mol. The summed E-state index contributed by atoms with van der Waals surface area (Å²) in [5.41, 5.74) is 4.28. The Balaban J connectivity index is 1.33. The van der Waals surface area contributed by atoms with E-state index < -0.39 is 0 Å². The zero-order chi connectivity index (χ0) is 18.4. The van der Waals surface area contributed by atoms with E-state index in [-0.39, 0.29) is 0 Å². The van der Waals surface area contributed by atoms with Crippen molar-refractivity contribution in [2.45, 2.75) is 38.6 Å². The molecule has 0 radical (unpaired) electrons. The third-order valence-electron chi connectivity index (χ3n) is 5.72. The summed E-state index contributed by atoms with van der Waals surface area (Å²) in [6.07, 6.45) is 3.04. The van der Waals surface area contributed by atoms with Gasteiger partial charge in [0.1, 0.15) is 0 Å². The van der Waals surface area contributed by atoms with Gasteiger partial charge >= 0.3 is 0 Å². The maximum atomic E-state index is 4.59. The summed E-state index contributed by atoms with van der Waals surface area (Å²) in [6, 6.07) is 6.19. The summed E-state index contributed by atoms with van der Waals surface area (Å²) in [5, 5.41) is 22.3. The first kappa shape index (κ1) is 16.6. The highest BCUT2D eigenvalue weighted by Crippen LogP contribution is 2.29. The van der Waals surface area contributed by atoms with Crippen LogP contribution < -0.4 is 4.90 Å². The summed E-state index contributed by atoms with van der Waals surface area (Å²) >= 11 is 0. The van der Waals surface area contributed by atoms with Crippen molar-refractivity contribution in [3.63, 3.8) is 0 Å². The topological polar surface area (TPSA) is 75.3 Å². The highest BCUT2D eigenvalue weighted by Gasteiger charge is 2.26. The molecule has 0 amide bonds. The lowest BCUT2D eigenvalue weighted by atomic mass is 9.96. The summed E-state index contributed by atoms with van der Waals surface area (Å²) in [5.74, 6) is 2.36. The molecule has 0 atom stereocenters. The standard InChI is InChI=1S/C19H24N8/c1-13-3-4-17-21-23-19(27(17)24-13)14-5-9-26(10-6-14)18-11-15-12-25(2)8-7-16(15)20-22-18/h3-4,11,14H,5-10,12H2,1-2H3. The van der Waals surface area contributed by atoms with Crippen molar-refractivity contribution in [1.82, 2.24) is 34.9 Å². The second-order valence-corrected chi connectivity index (χ2v) is 7.73. The first-order valence-electron chi connectivity index (χ1n) is 9.65. The van der Waals surface area contributed by atoms with Crippen molar-refractivity contribution < 1.29 is 0 Å². The van der Waals surface area contributed by atoms with E-state index in [1.807, 2.05) is 23.6 Å². The predicted molar refractivity (Wildman–Crippen MR) is 102 cm³/mol. The molecule has 1 fully saturated rings. The SMILES string of the molecule is Cc1ccc2nnc(C3CCN(c4cc5c(nn4)CCN(C)C5)CC3)n2n1. The first-order valence-corrected chi connectivity index (χ1v) is 9.65. The van der Waals surface area contributed by atoms with Gasteiger partial charge in [0, 0.05) is 38.5 Å². The molecule has 27 heavy (non-hydrogen) atoms. The summed E-state index contributed by atoms with van der Waals surface area (Å²) < 4.78 is 1.91. The van der Waals surface area contributed by atoms with Crippen LogP contribution in [0, 0.1) is 6.92 Å². The van der Waals surface area contributed by atoms with Gasteiger partial charge in [-0.25, -0.2) is 0 Å². The maximum Gasteiger partial charge on any atom is 0.177 e. The van der Waals surface area contributed by atoms with Crippen LogP contribution in [0.1, 0.15) is 41.5 Å². The molecular weight excluding hydrogens is 340 g/mol. The zero-order valence-corrected chi connectivity index (χ0v) is 15.8. The number of rotatable bonds is 2. The van der Waals surface area contributed by atoms with Crippen molar-refractivity contribution in [2.24, 2.45) is 0 Å². The van der Waals surface area contributed by atoms with Crippen LogP contribution in [0.4, 0.5) is 5.82 Å². The fourth-order valence-corrected chi connectivity index (χ4v) is 4.13. The van der Waals surface area contributed by atoms with Gasteiger partial charge in [-0.2, -0.15) is 14.7 Å². The van der Waals surface area contributed by atoms with E-state index in [2.05, 4.69) is 48.4 Å². The van der Waals surface area contributed by atoms with E-state index in [4.69, 9.17) is 0 Å². The molecule has 8 heteroatoms. The molecule has 0 unspecified atom stereocenters. The number of likely N-dealkylation sites (N-methyl/N-ethyl adjacent to an activating group) is 1. The van der Waals surface area contributed by atoms with Gasteiger partial charge in [0.25, 0.3) is 0 Å². The lowest BCUT2D eigenvalue weighted by molar-refractivity contribution is 0.308.